The number of hydrogen-bond acceptors (Lipinski definition) is 4. The Bertz CT molecular complexity index is 1060. The molecule has 7 heteroatoms. The fourth-order valence-electron chi connectivity index (χ4n) is 2.57. The van der Waals surface area contributed by atoms with Crippen molar-refractivity contribution in [2.75, 3.05) is 11.8 Å². The van der Waals surface area contributed by atoms with Crippen molar-refractivity contribution in [1.29, 1.82) is 0 Å². The summed E-state index contributed by atoms with van der Waals surface area (Å²) in [7, 11) is -2.28. The van der Waals surface area contributed by atoms with Gasteiger partial charge < -0.3 is 9.84 Å². The Hall–Kier alpha value is -3.32. The molecule has 0 aliphatic carbocycles. The number of ether oxygens (including phenoxy) is 1. The molecule has 0 saturated carbocycles. The van der Waals surface area contributed by atoms with Crippen molar-refractivity contribution < 1.29 is 23.1 Å². The number of carboxylic acids is 1. The Morgan fingerprint density at radius 1 is 0.926 bits per heavy atom. The van der Waals surface area contributed by atoms with Gasteiger partial charge >= 0.3 is 5.97 Å². The molecular formula is C20H17NO5S. The van der Waals surface area contributed by atoms with Crippen LogP contribution in [0.5, 0.6) is 5.75 Å². The summed E-state index contributed by atoms with van der Waals surface area (Å²) in [6.07, 6.45) is 0. The SMILES string of the molecule is COc1ccc(S(=O)(=O)Nc2ccccc2-c2ccc(C(=O)O)cc2)cc1. The van der Waals surface area contributed by atoms with Gasteiger partial charge in [-0.1, -0.05) is 30.3 Å². The van der Waals surface area contributed by atoms with Crippen LogP contribution in [0.2, 0.25) is 0 Å². The van der Waals surface area contributed by atoms with Gasteiger partial charge in [-0.2, -0.15) is 0 Å². The number of carboxylic acid groups (broad SMARTS) is 1. The van der Waals surface area contributed by atoms with Crippen LogP contribution in [0, 0.1) is 0 Å². The van der Waals surface area contributed by atoms with E-state index in [4.69, 9.17) is 9.84 Å². The normalized spacial score (nSPS) is 11.0. The maximum Gasteiger partial charge on any atom is 0.335 e. The highest BCUT2D eigenvalue weighted by atomic mass is 32.2. The van der Waals surface area contributed by atoms with Crippen LogP contribution in [0.1, 0.15) is 10.4 Å². The summed E-state index contributed by atoms with van der Waals surface area (Å²) >= 11 is 0. The Kier molecular flexibility index (Phi) is 5.14. The summed E-state index contributed by atoms with van der Waals surface area (Å²) in [5, 5.41) is 9.02. The first-order valence-corrected chi connectivity index (χ1v) is 9.48. The van der Waals surface area contributed by atoms with E-state index in [0.717, 1.165) is 0 Å². The molecule has 0 saturated heterocycles. The minimum Gasteiger partial charge on any atom is -0.497 e. The zero-order chi connectivity index (χ0) is 19.4. The minimum atomic E-state index is -3.79. The fourth-order valence-corrected chi connectivity index (χ4v) is 3.65. The van der Waals surface area contributed by atoms with E-state index in [2.05, 4.69) is 4.72 Å². The summed E-state index contributed by atoms with van der Waals surface area (Å²) in [5.74, 6) is -0.456. The van der Waals surface area contributed by atoms with Crippen LogP contribution in [0.25, 0.3) is 11.1 Å². The average molecular weight is 383 g/mol. The molecule has 0 atom stereocenters. The third-order valence-corrected chi connectivity index (χ3v) is 5.37. The smallest absolute Gasteiger partial charge is 0.335 e. The Morgan fingerprint density at radius 2 is 1.56 bits per heavy atom. The number of sulfonamides is 1. The van der Waals surface area contributed by atoms with E-state index in [1.54, 1.807) is 48.5 Å². The molecule has 0 fully saturated rings. The molecular weight excluding hydrogens is 366 g/mol. The van der Waals surface area contributed by atoms with Crippen molar-refractivity contribution in [1.82, 2.24) is 0 Å². The van der Waals surface area contributed by atoms with E-state index < -0.39 is 16.0 Å². The van der Waals surface area contributed by atoms with Crippen molar-refractivity contribution in [3.63, 3.8) is 0 Å². The van der Waals surface area contributed by atoms with Gasteiger partial charge in [0.05, 0.1) is 23.3 Å². The molecule has 0 aliphatic rings. The molecule has 2 N–H and O–H groups in total. The molecule has 0 bridgehead atoms. The largest absolute Gasteiger partial charge is 0.497 e. The zero-order valence-corrected chi connectivity index (χ0v) is 15.2. The quantitative estimate of drug-likeness (QED) is 0.674. The standard InChI is InChI=1S/C20H17NO5S/c1-26-16-10-12-17(13-11-16)27(24,25)21-19-5-3-2-4-18(19)14-6-8-15(9-7-14)20(22)23/h2-13,21H,1H3,(H,22,23). The molecule has 3 rings (SSSR count). The second-order valence-electron chi connectivity index (χ2n) is 5.71. The number of para-hydroxylation sites is 1. The second-order valence-corrected chi connectivity index (χ2v) is 7.39. The third-order valence-electron chi connectivity index (χ3n) is 3.98. The highest BCUT2D eigenvalue weighted by Crippen LogP contribution is 2.30. The lowest BCUT2D eigenvalue weighted by Crippen LogP contribution is -2.13. The van der Waals surface area contributed by atoms with Crippen molar-refractivity contribution in [2.24, 2.45) is 0 Å². The summed E-state index contributed by atoms with van der Waals surface area (Å²) in [4.78, 5) is 11.1. The predicted octanol–water partition coefficient (Wildman–Crippen LogP) is 3.86. The summed E-state index contributed by atoms with van der Waals surface area (Å²) in [6.45, 7) is 0. The number of benzene rings is 3. The first kappa shape index (κ1) is 18.5. The average Bonchev–Trinajstić information content (AvgIpc) is 2.68. The van der Waals surface area contributed by atoms with Crippen molar-refractivity contribution in [3.8, 4) is 16.9 Å². The minimum absolute atomic E-state index is 0.110. The van der Waals surface area contributed by atoms with E-state index in [1.165, 1.54) is 31.4 Å². The predicted molar refractivity (Wildman–Crippen MR) is 103 cm³/mol. The van der Waals surface area contributed by atoms with Gasteiger partial charge in [-0.3, -0.25) is 4.72 Å². The number of aromatic carboxylic acids is 1. The van der Waals surface area contributed by atoms with Crippen LogP contribution < -0.4 is 9.46 Å². The fraction of sp³-hybridized carbons (Fsp3) is 0.0500. The molecule has 27 heavy (non-hydrogen) atoms. The lowest BCUT2D eigenvalue weighted by atomic mass is 10.0. The van der Waals surface area contributed by atoms with E-state index in [-0.39, 0.29) is 10.5 Å². The van der Waals surface area contributed by atoms with Crippen LogP contribution >= 0.6 is 0 Å². The summed E-state index contributed by atoms with van der Waals surface area (Å²) < 4.78 is 33.0. The first-order valence-electron chi connectivity index (χ1n) is 8.00. The van der Waals surface area contributed by atoms with Crippen LogP contribution in [-0.2, 0) is 10.0 Å². The number of methoxy groups -OCH3 is 1. The van der Waals surface area contributed by atoms with Gasteiger partial charge in [-0.25, -0.2) is 13.2 Å². The number of hydrogen-bond donors (Lipinski definition) is 2. The van der Waals surface area contributed by atoms with E-state index in [1.807, 2.05) is 0 Å². The van der Waals surface area contributed by atoms with Crippen LogP contribution in [0.3, 0.4) is 0 Å². The highest BCUT2D eigenvalue weighted by Gasteiger charge is 2.16. The maximum absolute atomic E-state index is 12.7. The highest BCUT2D eigenvalue weighted by molar-refractivity contribution is 7.92. The molecule has 3 aromatic carbocycles. The van der Waals surface area contributed by atoms with Crippen molar-refractivity contribution in [2.45, 2.75) is 4.90 Å². The number of nitrogens with one attached hydrogen (secondary N) is 1. The summed E-state index contributed by atoms with van der Waals surface area (Å²) in [6, 6.07) is 19.2. The first-order chi connectivity index (χ1) is 12.9. The van der Waals surface area contributed by atoms with Crippen molar-refractivity contribution >= 4 is 21.7 Å². The molecule has 0 unspecified atom stereocenters. The summed E-state index contributed by atoms with van der Waals surface area (Å²) in [5.41, 5.74) is 1.91. The van der Waals surface area contributed by atoms with Gasteiger partial charge in [0.15, 0.2) is 0 Å². The van der Waals surface area contributed by atoms with E-state index >= 15 is 0 Å². The van der Waals surface area contributed by atoms with Gasteiger partial charge in [0.2, 0.25) is 0 Å². The molecule has 0 amide bonds. The molecule has 138 valence electrons. The third kappa shape index (κ3) is 4.09. The Morgan fingerprint density at radius 3 is 2.15 bits per heavy atom. The molecule has 6 nitrogen and oxygen atoms in total. The van der Waals surface area contributed by atoms with Crippen LogP contribution in [-0.4, -0.2) is 26.6 Å². The molecule has 3 aromatic rings. The number of anilines is 1. The molecule has 0 spiro atoms. The van der Waals surface area contributed by atoms with Gasteiger partial charge in [-0.15, -0.1) is 0 Å². The van der Waals surface area contributed by atoms with Crippen molar-refractivity contribution in [3.05, 3.63) is 78.4 Å². The molecule has 0 heterocycles. The number of carbonyl (C=O) groups is 1. The molecule has 0 radical (unpaired) electrons. The zero-order valence-electron chi connectivity index (χ0n) is 14.4. The van der Waals surface area contributed by atoms with Crippen LogP contribution in [0.15, 0.2) is 77.7 Å². The Labute approximate surface area is 157 Å². The maximum atomic E-state index is 12.7. The van der Waals surface area contributed by atoms with Gasteiger partial charge in [0, 0.05) is 5.56 Å². The molecule has 0 aromatic heterocycles. The second kappa shape index (κ2) is 7.51. The van der Waals surface area contributed by atoms with E-state index in [0.29, 0.717) is 22.6 Å². The topological polar surface area (TPSA) is 92.7 Å². The number of rotatable bonds is 6. The van der Waals surface area contributed by atoms with Gasteiger partial charge in [0.1, 0.15) is 5.75 Å². The monoisotopic (exact) mass is 383 g/mol. The van der Waals surface area contributed by atoms with Gasteiger partial charge in [-0.05, 0) is 48.0 Å². The van der Waals surface area contributed by atoms with E-state index in [9.17, 15) is 13.2 Å². The Balaban J connectivity index is 1.94. The lowest BCUT2D eigenvalue weighted by molar-refractivity contribution is 0.0697. The lowest BCUT2D eigenvalue weighted by Gasteiger charge is -2.13. The molecule has 0 aliphatic heterocycles. The van der Waals surface area contributed by atoms with Crippen LogP contribution in [0.4, 0.5) is 5.69 Å². The van der Waals surface area contributed by atoms with Gasteiger partial charge in [0.25, 0.3) is 10.0 Å².